The van der Waals surface area contributed by atoms with Crippen molar-refractivity contribution in [2.75, 3.05) is 11.6 Å². The minimum absolute atomic E-state index is 0.498. The molecule has 1 saturated carbocycles. The number of anilines is 1. The third-order valence-corrected chi connectivity index (χ3v) is 5.31. The van der Waals surface area contributed by atoms with Gasteiger partial charge in [-0.2, -0.15) is 11.8 Å². The van der Waals surface area contributed by atoms with Crippen LogP contribution in [-0.2, 0) is 6.42 Å². The van der Waals surface area contributed by atoms with Crippen molar-refractivity contribution in [2.24, 2.45) is 0 Å². The van der Waals surface area contributed by atoms with Gasteiger partial charge in [-0.25, -0.2) is 9.97 Å². The average molecular weight is 300 g/mol. The van der Waals surface area contributed by atoms with Crippen LogP contribution in [0.4, 0.5) is 5.82 Å². The van der Waals surface area contributed by atoms with Crippen LogP contribution in [0, 0.1) is 6.92 Å². The van der Waals surface area contributed by atoms with Gasteiger partial charge in [0.25, 0.3) is 0 Å². The SMILES string of the molecule is CCc1nc(Cl)c(C)c(NC2CCCCC2SC)n1. The second-order valence-electron chi connectivity index (χ2n) is 5.07. The van der Waals surface area contributed by atoms with Crippen LogP contribution in [0.25, 0.3) is 0 Å². The van der Waals surface area contributed by atoms with Crippen LogP contribution in [0.2, 0.25) is 5.15 Å². The van der Waals surface area contributed by atoms with Crippen molar-refractivity contribution in [1.82, 2.24) is 9.97 Å². The van der Waals surface area contributed by atoms with Crippen LogP contribution in [0.5, 0.6) is 0 Å². The summed E-state index contributed by atoms with van der Waals surface area (Å²) in [7, 11) is 0. The lowest BCUT2D eigenvalue weighted by atomic mass is 9.95. The summed E-state index contributed by atoms with van der Waals surface area (Å²) in [4.78, 5) is 8.89. The van der Waals surface area contributed by atoms with E-state index in [9.17, 15) is 0 Å². The zero-order valence-electron chi connectivity index (χ0n) is 11.9. The highest BCUT2D eigenvalue weighted by Crippen LogP contribution is 2.30. The van der Waals surface area contributed by atoms with Crippen LogP contribution >= 0.6 is 23.4 Å². The summed E-state index contributed by atoms with van der Waals surface area (Å²) < 4.78 is 0. The Morgan fingerprint density at radius 3 is 2.74 bits per heavy atom. The van der Waals surface area contributed by atoms with Crippen LogP contribution in [0.15, 0.2) is 0 Å². The third kappa shape index (κ3) is 3.54. The molecule has 0 saturated heterocycles. The number of aryl methyl sites for hydroxylation is 1. The molecule has 19 heavy (non-hydrogen) atoms. The predicted molar refractivity (Wildman–Crippen MR) is 84.3 cm³/mol. The normalized spacial score (nSPS) is 23.4. The fraction of sp³-hybridized carbons (Fsp3) is 0.714. The molecule has 1 aromatic heterocycles. The van der Waals surface area contributed by atoms with Crippen LogP contribution in [0.1, 0.15) is 44.0 Å². The lowest BCUT2D eigenvalue weighted by molar-refractivity contribution is 0.474. The van der Waals surface area contributed by atoms with E-state index in [0.717, 1.165) is 23.6 Å². The quantitative estimate of drug-likeness (QED) is 0.850. The van der Waals surface area contributed by atoms with E-state index in [2.05, 4.69) is 28.5 Å². The molecule has 0 aliphatic heterocycles. The van der Waals surface area contributed by atoms with Gasteiger partial charge in [-0.05, 0) is 26.0 Å². The maximum absolute atomic E-state index is 6.19. The molecule has 2 unspecified atom stereocenters. The minimum atomic E-state index is 0.498. The maximum Gasteiger partial charge on any atom is 0.137 e. The molecular formula is C14H22ClN3S. The maximum atomic E-state index is 6.19. The summed E-state index contributed by atoms with van der Waals surface area (Å²) in [5.74, 6) is 1.73. The van der Waals surface area contributed by atoms with Crippen molar-refractivity contribution < 1.29 is 0 Å². The molecule has 0 spiro atoms. The zero-order valence-corrected chi connectivity index (χ0v) is 13.4. The third-order valence-electron chi connectivity index (χ3n) is 3.78. The number of halogens is 1. The molecule has 1 aromatic rings. The first-order chi connectivity index (χ1) is 9.15. The topological polar surface area (TPSA) is 37.8 Å². The van der Waals surface area contributed by atoms with Crippen LogP contribution < -0.4 is 5.32 Å². The smallest absolute Gasteiger partial charge is 0.137 e. The van der Waals surface area contributed by atoms with E-state index in [1.54, 1.807) is 0 Å². The Morgan fingerprint density at radius 2 is 2.05 bits per heavy atom. The molecule has 2 atom stereocenters. The minimum Gasteiger partial charge on any atom is -0.366 e. The summed E-state index contributed by atoms with van der Waals surface area (Å²) in [6, 6.07) is 0.498. The molecule has 1 aliphatic carbocycles. The molecule has 3 nitrogen and oxygen atoms in total. The fourth-order valence-corrected chi connectivity index (χ4v) is 3.67. The van der Waals surface area contributed by atoms with Gasteiger partial charge in [0.1, 0.15) is 16.8 Å². The molecule has 1 N–H and O–H groups in total. The Morgan fingerprint density at radius 1 is 1.32 bits per heavy atom. The lowest BCUT2D eigenvalue weighted by Gasteiger charge is -2.31. The number of aromatic nitrogens is 2. The van der Waals surface area contributed by atoms with Gasteiger partial charge in [0.05, 0.1) is 0 Å². The predicted octanol–water partition coefficient (Wildman–Crippen LogP) is 4.09. The molecular weight excluding hydrogens is 278 g/mol. The summed E-state index contributed by atoms with van der Waals surface area (Å²) in [6.07, 6.45) is 8.15. The first kappa shape index (κ1) is 14.9. The van der Waals surface area contributed by atoms with E-state index < -0.39 is 0 Å². The molecule has 0 radical (unpaired) electrons. The molecule has 5 heteroatoms. The lowest BCUT2D eigenvalue weighted by Crippen LogP contribution is -2.35. The van der Waals surface area contributed by atoms with Crippen molar-refractivity contribution in [3.05, 3.63) is 16.5 Å². The summed E-state index contributed by atoms with van der Waals surface area (Å²) >= 11 is 8.14. The molecule has 0 amide bonds. The second kappa shape index (κ2) is 6.80. The van der Waals surface area contributed by atoms with Gasteiger partial charge in [0.15, 0.2) is 0 Å². The van der Waals surface area contributed by atoms with Crippen LogP contribution in [-0.4, -0.2) is 27.5 Å². The van der Waals surface area contributed by atoms with E-state index in [-0.39, 0.29) is 0 Å². The van der Waals surface area contributed by atoms with E-state index in [0.29, 0.717) is 16.4 Å². The number of nitrogens with zero attached hydrogens (tertiary/aromatic N) is 2. The monoisotopic (exact) mass is 299 g/mol. The van der Waals surface area contributed by atoms with Crippen molar-refractivity contribution in [3.63, 3.8) is 0 Å². The number of hydrogen-bond acceptors (Lipinski definition) is 4. The standard InChI is InChI=1S/C14H22ClN3S/c1-4-12-17-13(15)9(2)14(18-12)16-10-7-5-6-8-11(10)19-3/h10-11H,4-8H2,1-3H3,(H,16,17,18). The van der Waals surface area contributed by atoms with Crippen LogP contribution in [0.3, 0.4) is 0 Å². The highest BCUT2D eigenvalue weighted by molar-refractivity contribution is 7.99. The molecule has 1 fully saturated rings. The highest BCUT2D eigenvalue weighted by atomic mass is 35.5. The van der Waals surface area contributed by atoms with Gasteiger partial charge in [-0.1, -0.05) is 31.4 Å². The van der Waals surface area contributed by atoms with Gasteiger partial charge < -0.3 is 5.32 Å². The Hall–Kier alpha value is -0.480. The second-order valence-corrected chi connectivity index (χ2v) is 6.50. The fourth-order valence-electron chi connectivity index (χ4n) is 2.55. The molecule has 2 rings (SSSR count). The van der Waals surface area contributed by atoms with Crippen molar-refractivity contribution >= 4 is 29.2 Å². The van der Waals surface area contributed by atoms with Crippen molar-refractivity contribution in [2.45, 2.75) is 57.2 Å². The van der Waals surface area contributed by atoms with E-state index in [1.165, 1.54) is 25.7 Å². The van der Waals surface area contributed by atoms with Gasteiger partial charge in [0.2, 0.25) is 0 Å². The van der Waals surface area contributed by atoms with E-state index in [1.807, 2.05) is 18.7 Å². The molecule has 106 valence electrons. The van der Waals surface area contributed by atoms with Gasteiger partial charge >= 0.3 is 0 Å². The Balaban J connectivity index is 2.19. The molecule has 1 heterocycles. The van der Waals surface area contributed by atoms with Gasteiger partial charge in [0, 0.05) is 23.3 Å². The Kier molecular flexibility index (Phi) is 5.34. The number of rotatable bonds is 4. The van der Waals surface area contributed by atoms with E-state index in [4.69, 9.17) is 11.6 Å². The first-order valence-electron chi connectivity index (χ1n) is 6.98. The molecule has 0 aromatic carbocycles. The molecule has 0 bridgehead atoms. The summed E-state index contributed by atoms with van der Waals surface area (Å²) in [6.45, 7) is 4.04. The summed E-state index contributed by atoms with van der Waals surface area (Å²) in [5.41, 5.74) is 0.962. The number of hydrogen-bond donors (Lipinski definition) is 1. The first-order valence-corrected chi connectivity index (χ1v) is 8.64. The average Bonchev–Trinajstić information content (AvgIpc) is 2.44. The number of thioether (sulfide) groups is 1. The molecule has 1 aliphatic rings. The Labute approximate surface area is 124 Å². The van der Waals surface area contributed by atoms with Gasteiger partial charge in [-0.3, -0.25) is 0 Å². The highest BCUT2D eigenvalue weighted by Gasteiger charge is 2.25. The summed E-state index contributed by atoms with van der Waals surface area (Å²) in [5, 5.41) is 4.86. The van der Waals surface area contributed by atoms with Gasteiger partial charge in [-0.15, -0.1) is 0 Å². The van der Waals surface area contributed by atoms with Crippen molar-refractivity contribution in [3.8, 4) is 0 Å². The van der Waals surface area contributed by atoms with Crippen molar-refractivity contribution in [1.29, 1.82) is 0 Å². The Bertz CT molecular complexity index is 439. The van der Waals surface area contributed by atoms with E-state index >= 15 is 0 Å². The zero-order chi connectivity index (χ0) is 13.8. The largest absolute Gasteiger partial charge is 0.366 e. The number of nitrogens with one attached hydrogen (secondary N) is 1.